The van der Waals surface area contributed by atoms with Crippen LogP contribution in [0.1, 0.15) is 41.6 Å². The van der Waals surface area contributed by atoms with Gasteiger partial charge < -0.3 is 9.88 Å². The lowest BCUT2D eigenvalue weighted by molar-refractivity contribution is 0.0112. The fourth-order valence-electron chi connectivity index (χ4n) is 4.67. The first kappa shape index (κ1) is 17.9. The Morgan fingerprint density at radius 3 is 2.67 bits per heavy atom. The lowest BCUT2D eigenvalue weighted by atomic mass is 9.73. The number of carbonyl (C=O) groups excluding carboxylic acids is 1. The Hall–Kier alpha value is -2.47. The van der Waals surface area contributed by atoms with Gasteiger partial charge in [0.2, 0.25) is 0 Å². The molecule has 6 nitrogen and oxygen atoms in total. The fourth-order valence-corrected chi connectivity index (χ4v) is 4.67. The Bertz CT molecular complexity index is 847. The molecule has 1 aromatic heterocycles. The summed E-state index contributed by atoms with van der Waals surface area (Å²) in [5.41, 5.74) is 1.26. The fraction of sp³-hybridized carbons (Fsp3) is 0.476. The average molecular weight is 366 g/mol. The Morgan fingerprint density at radius 2 is 1.89 bits per heavy atom. The number of nitrogens with one attached hydrogen (secondary N) is 1. The summed E-state index contributed by atoms with van der Waals surface area (Å²) < 4.78 is 0. The van der Waals surface area contributed by atoms with Crippen LogP contribution in [0.25, 0.3) is 0 Å². The normalized spacial score (nSPS) is 23.5. The topological polar surface area (TPSA) is 69.3 Å². The Kier molecular flexibility index (Phi) is 5.07. The van der Waals surface area contributed by atoms with E-state index in [1.165, 1.54) is 18.1 Å². The summed E-state index contributed by atoms with van der Waals surface area (Å²) in [5, 5.41) is 0. The van der Waals surface area contributed by atoms with Crippen molar-refractivity contribution in [3.8, 4) is 0 Å². The molecule has 1 N–H and O–H groups in total. The lowest BCUT2D eigenvalue weighted by Crippen LogP contribution is -2.53. The van der Waals surface area contributed by atoms with Crippen LogP contribution in [-0.4, -0.2) is 51.9 Å². The zero-order valence-corrected chi connectivity index (χ0v) is 15.6. The molecular weight excluding hydrogens is 340 g/mol. The van der Waals surface area contributed by atoms with Crippen LogP contribution in [0.5, 0.6) is 0 Å². The highest BCUT2D eigenvalue weighted by atomic mass is 16.2. The number of carbonyl (C=O) groups is 1. The number of piperidine rings is 2. The van der Waals surface area contributed by atoms with Gasteiger partial charge in [-0.15, -0.1) is 0 Å². The molecule has 1 spiro atoms. The number of aromatic amines is 1. The molecule has 0 unspecified atom stereocenters. The third-order valence-corrected chi connectivity index (χ3v) is 5.89. The van der Waals surface area contributed by atoms with Gasteiger partial charge in [0.1, 0.15) is 5.56 Å². The van der Waals surface area contributed by atoms with E-state index in [9.17, 15) is 9.59 Å². The number of rotatable bonds is 3. The lowest BCUT2D eigenvalue weighted by Gasteiger charge is -2.48. The smallest absolute Gasteiger partial charge is 0.263 e. The molecular formula is C21H26N4O2. The highest BCUT2D eigenvalue weighted by molar-refractivity contribution is 5.93. The van der Waals surface area contributed by atoms with E-state index in [4.69, 9.17) is 0 Å². The third-order valence-electron chi connectivity index (χ3n) is 5.89. The van der Waals surface area contributed by atoms with Crippen LogP contribution in [0.3, 0.4) is 0 Å². The summed E-state index contributed by atoms with van der Waals surface area (Å²) >= 11 is 0. The number of H-pyrrole nitrogens is 1. The van der Waals surface area contributed by atoms with Crippen LogP contribution in [0.4, 0.5) is 0 Å². The van der Waals surface area contributed by atoms with Gasteiger partial charge in [0, 0.05) is 37.8 Å². The molecule has 0 bridgehead atoms. The first-order valence-electron chi connectivity index (χ1n) is 9.74. The molecule has 2 aliphatic rings. The van der Waals surface area contributed by atoms with Crippen molar-refractivity contribution in [2.45, 2.75) is 32.2 Å². The summed E-state index contributed by atoms with van der Waals surface area (Å²) in [6.07, 6.45) is 7.13. The molecule has 2 aliphatic heterocycles. The second-order valence-electron chi connectivity index (χ2n) is 7.92. The van der Waals surface area contributed by atoms with E-state index in [1.54, 1.807) is 0 Å². The number of likely N-dealkylation sites (tertiary alicyclic amines) is 2. The summed E-state index contributed by atoms with van der Waals surface area (Å²) in [4.78, 5) is 35.6. The Morgan fingerprint density at radius 1 is 1.11 bits per heavy atom. The van der Waals surface area contributed by atoms with Gasteiger partial charge >= 0.3 is 0 Å². The van der Waals surface area contributed by atoms with Crippen LogP contribution in [0.15, 0.2) is 47.7 Å². The number of nitrogens with zero attached hydrogens (tertiary/aromatic N) is 3. The van der Waals surface area contributed by atoms with Gasteiger partial charge in [-0.3, -0.25) is 14.5 Å². The molecule has 2 saturated heterocycles. The van der Waals surface area contributed by atoms with E-state index in [2.05, 4.69) is 39.1 Å². The summed E-state index contributed by atoms with van der Waals surface area (Å²) in [5.74, 6) is -0.191. The number of hydrogen-bond acceptors (Lipinski definition) is 4. The van der Waals surface area contributed by atoms with E-state index in [0.29, 0.717) is 6.54 Å². The van der Waals surface area contributed by atoms with Crippen LogP contribution < -0.4 is 5.56 Å². The second kappa shape index (κ2) is 7.64. The van der Waals surface area contributed by atoms with Gasteiger partial charge in [0.15, 0.2) is 0 Å². The minimum absolute atomic E-state index is 0.135. The molecule has 0 aliphatic carbocycles. The van der Waals surface area contributed by atoms with Crippen molar-refractivity contribution in [2.75, 3.05) is 26.2 Å². The minimum Gasteiger partial charge on any atom is -0.338 e. The van der Waals surface area contributed by atoms with E-state index in [1.807, 2.05) is 11.0 Å². The van der Waals surface area contributed by atoms with Crippen molar-refractivity contribution in [3.05, 3.63) is 64.3 Å². The molecule has 0 radical (unpaired) electrons. The monoisotopic (exact) mass is 366 g/mol. The maximum Gasteiger partial charge on any atom is 0.263 e. The van der Waals surface area contributed by atoms with Gasteiger partial charge in [-0.05, 0) is 37.8 Å². The molecule has 6 heteroatoms. The summed E-state index contributed by atoms with van der Waals surface area (Å²) in [6.45, 7) is 4.51. The van der Waals surface area contributed by atoms with Crippen molar-refractivity contribution in [1.29, 1.82) is 0 Å². The number of benzene rings is 1. The van der Waals surface area contributed by atoms with Crippen LogP contribution >= 0.6 is 0 Å². The van der Waals surface area contributed by atoms with Crippen LogP contribution in [0, 0.1) is 5.41 Å². The molecule has 2 aromatic rings. The van der Waals surface area contributed by atoms with E-state index in [-0.39, 0.29) is 22.4 Å². The molecule has 1 amide bonds. The molecule has 1 aromatic carbocycles. The maximum absolute atomic E-state index is 12.9. The summed E-state index contributed by atoms with van der Waals surface area (Å²) in [6, 6.07) is 10.6. The highest BCUT2D eigenvalue weighted by Gasteiger charge is 2.40. The molecule has 27 heavy (non-hydrogen) atoms. The van der Waals surface area contributed by atoms with Gasteiger partial charge in [-0.25, -0.2) is 4.98 Å². The summed E-state index contributed by atoms with van der Waals surface area (Å²) in [7, 11) is 0. The molecule has 0 saturated carbocycles. The number of amides is 1. The van der Waals surface area contributed by atoms with Gasteiger partial charge in [-0.1, -0.05) is 30.3 Å². The van der Waals surface area contributed by atoms with Gasteiger partial charge in [-0.2, -0.15) is 0 Å². The van der Waals surface area contributed by atoms with E-state index in [0.717, 1.165) is 51.9 Å². The molecule has 4 rings (SSSR count). The van der Waals surface area contributed by atoms with Crippen molar-refractivity contribution in [2.24, 2.45) is 5.41 Å². The third kappa shape index (κ3) is 3.95. The molecule has 3 heterocycles. The van der Waals surface area contributed by atoms with E-state index < -0.39 is 0 Å². The van der Waals surface area contributed by atoms with Crippen molar-refractivity contribution < 1.29 is 4.79 Å². The van der Waals surface area contributed by atoms with Crippen LogP contribution in [0.2, 0.25) is 0 Å². The van der Waals surface area contributed by atoms with Crippen molar-refractivity contribution >= 4 is 5.91 Å². The quantitative estimate of drug-likeness (QED) is 0.905. The predicted molar refractivity (Wildman–Crippen MR) is 103 cm³/mol. The van der Waals surface area contributed by atoms with E-state index >= 15 is 0 Å². The Labute approximate surface area is 159 Å². The molecule has 142 valence electrons. The predicted octanol–water partition coefficient (Wildman–Crippen LogP) is 2.29. The Balaban J connectivity index is 1.47. The largest absolute Gasteiger partial charge is 0.338 e. The molecule has 2 fully saturated rings. The SMILES string of the molecule is O=C(c1cnc[nH]c1=O)N1CCC[C@@]2(CCCN(Cc3ccccc3)C2)C1. The highest BCUT2D eigenvalue weighted by Crippen LogP contribution is 2.39. The van der Waals surface area contributed by atoms with Crippen molar-refractivity contribution in [3.63, 3.8) is 0 Å². The molecule has 1 atom stereocenters. The zero-order chi connectivity index (χ0) is 18.7. The number of aromatic nitrogens is 2. The van der Waals surface area contributed by atoms with Gasteiger partial charge in [0.05, 0.1) is 6.33 Å². The van der Waals surface area contributed by atoms with Crippen molar-refractivity contribution in [1.82, 2.24) is 19.8 Å². The first-order valence-corrected chi connectivity index (χ1v) is 9.74. The second-order valence-corrected chi connectivity index (χ2v) is 7.92. The maximum atomic E-state index is 12.9. The van der Waals surface area contributed by atoms with Crippen LogP contribution in [-0.2, 0) is 6.54 Å². The zero-order valence-electron chi connectivity index (χ0n) is 15.6. The van der Waals surface area contributed by atoms with Gasteiger partial charge in [0.25, 0.3) is 11.5 Å². The average Bonchev–Trinajstić information content (AvgIpc) is 2.69. The standard InChI is InChI=1S/C21H26N4O2/c26-19-18(12-22-16-23-19)20(27)25-11-5-9-21(15-25)8-4-10-24(14-21)13-17-6-2-1-3-7-17/h1-3,6-7,12,16H,4-5,8-11,13-15H2,(H,22,23,26)/t21-/m1/s1. The minimum atomic E-state index is -0.357. The first-order chi connectivity index (χ1) is 13.2. The number of hydrogen-bond donors (Lipinski definition) is 1.